The van der Waals surface area contributed by atoms with Crippen molar-refractivity contribution in [1.82, 2.24) is 0 Å². The molecule has 0 rings (SSSR count). The second-order valence-electron chi connectivity index (χ2n) is 5.04. The molecule has 102 valence electrons. The van der Waals surface area contributed by atoms with Crippen LogP contribution in [-0.2, 0) is 14.3 Å². The van der Waals surface area contributed by atoms with E-state index in [1.54, 1.807) is 13.8 Å². The fourth-order valence-electron chi connectivity index (χ4n) is 1.36. The van der Waals surface area contributed by atoms with Crippen molar-refractivity contribution in [2.24, 2.45) is 11.7 Å². The lowest BCUT2D eigenvalue weighted by Crippen LogP contribution is -2.46. The van der Waals surface area contributed by atoms with E-state index in [0.717, 1.165) is 19.4 Å². The summed E-state index contributed by atoms with van der Waals surface area (Å²) in [6, 6.07) is 0. The minimum absolute atomic E-state index is 0.331. The molecule has 0 aliphatic heterocycles. The Balaban J connectivity index is 3.62. The molecule has 0 bridgehead atoms. The number of hydrogen-bond acceptors (Lipinski definition) is 4. The molecule has 17 heavy (non-hydrogen) atoms. The van der Waals surface area contributed by atoms with Crippen molar-refractivity contribution >= 4 is 5.97 Å². The largest absolute Gasteiger partial charge is 0.465 e. The second kappa shape index (κ2) is 8.48. The highest BCUT2D eigenvalue weighted by molar-refractivity contribution is 5.79. The Morgan fingerprint density at radius 2 is 2.00 bits per heavy atom. The van der Waals surface area contributed by atoms with Crippen molar-refractivity contribution in [3.8, 4) is 0 Å². The van der Waals surface area contributed by atoms with Crippen LogP contribution < -0.4 is 5.73 Å². The third-order valence-corrected chi connectivity index (χ3v) is 2.57. The molecule has 0 saturated carbocycles. The topological polar surface area (TPSA) is 61.5 Å². The molecule has 4 nitrogen and oxygen atoms in total. The van der Waals surface area contributed by atoms with E-state index in [1.165, 1.54) is 0 Å². The SMILES string of the molecule is CCOC(=O)C(C)(N)CCCOCCC(C)C. The number of carbonyl (C=O) groups is 1. The van der Waals surface area contributed by atoms with Gasteiger partial charge in [-0.15, -0.1) is 0 Å². The van der Waals surface area contributed by atoms with Crippen molar-refractivity contribution in [3.05, 3.63) is 0 Å². The first-order valence-corrected chi connectivity index (χ1v) is 6.44. The monoisotopic (exact) mass is 245 g/mol. The molecule has 2 N–H and O–H groups in total. The van der Waals surface area contributed by atoms with Gasteiger partial charge in [-0.2, -0.15) is 0 Å². The van der Waals surface area contributed by atoms with Gasteiger partial charge in [-0.25, -0.2) is 0 Å². The van der Waals surface area contributed by atoms with Gasteiger partial charge in [-0.1, -0.05) is 13.8 Å². The zero-order valence-electron chi connectivity index (χ0n) is 11.6. The summed E-state index contributed by atoms with van der Waals surface area (Å²) in [5, 5.41) is 0. The average molecular weight is 245 g/mol. The van der Waals surface area contributed by atoms with E-state index in [9.17, 15) is 4.79 Å². The van der Waals surface area contributed by atoms with Crippen molar-refractivity contribution in [2.45, 2.75) is 52.5 Å². The molecule has 4 heteroatoms. The summed E-state index contributed by atoms with van der Waals surface area (Å²) in [7, 11) is 0. The summed E-state index contributed by atoms with van der Waals surface area (Å²) in [5.74, 6) is 0.330. The van der Waals surface area contributed by atoms with Gasteiger partial charge in [-0.05, 0) is 39.0 Å². The Labute approximate surface area is 105 Å². The summed E-state index contributed by atoms with van der Waals surface area (Å²) in [5.41, 5.74) is 4.99. The van der Waals surface area contributed by atoms with E-state index in [2.05, 4.69) is 13.8 Å². The molecular formula is C13H27NO3. The van der Waals surface area contributed by atoms with Crippen LogP contribution in [-0.4, -0.2) is 31.3 Å². The Bertz CT molecular complexity index is 215. The van der Waals surface area contributed by atoms with Crippen LogP contribution in [0.25, 0.3) is 0 Å². The van der Waals surface area contributed by atoms with Gasteiger partial charge in [0.05, 0.1) is 6.61 Å². The summed E-state index contributed by atoms with van der Waals surface area (Å²) in [6.07, 6.45) is 2.44. The fourth-order valence-corrected chi connectivity index (χ4v) is 1.36. The lowest BCUT2D eigenvalue weighted by molar-refractivity contribution is -0.149. The van der Waals surface area contributed by atoms with Gasteiger partial charge in [-0.3, -0.25) is 4.79 Å². The smallest absolute Gasteiger partial charge is 0.325 e. The highest BCUT2D eigenvalue weighted by Crippen LogP contribution is 2.11. The Hall–Kier alpha value is -0.610. The lowest BCUT2D eigenvalue weighted by Gasteiger charge is -2.21. The molecule has 0 heterocycles. The third kappa shape index (κ3) is 8.16. The Morgan fingerprint density at radius 3 is 2.53 bits per heavy atom. The molecule has 0 saturated heterocycles. The van der Waals surface area contributed by atoms with Gasteiger partial charge in [0.25, 0.3) is 0 Å². The van der Waals surface area contributed by atoms with Gasteiger partial charge in [0, 0.05) is 13.2 Å². The zero-order chi connectivity index (χ0) is 13.3. The predicted octanol–water partition coefficient (Wildman–Crippen LogP) is 2.11. The molecule has 0 aliphatic carbocycles. The van der Waals surface area contributed by atoms with Crippen molar-refractivity contribution in [1.29, 1.82) is 0 Å². The van der Waals surface area contributed by atoms with Crippen LogP contribution in [0.5, 0.6) is 0 Å². The molecule has 0 amide bonds. The van der Waals surface area contributed by atoms with Gasteiger partial charge in [0.1, 0.15) is 5.54 Å². The molecule has 0 fully saturated rings. The van der Waals surface area contributed by atoms with Crippen molar-refractivity contribution in [3.63, 3.8) is 0 Å². The summed E-state index contributed by atoms with van der Waals surface area (Å²) >= 11 is 0. The standard InChI is InChI=1S/C13H27NO3/c1-5-17-12(15)13(4,14)8-6-9-16-10-7-11(2)3/h11H,5-10,14H2,1-4H3. The summed E-state index contributed by atoms with van der Waals surface area (Å²) in [4.78, 5) is 11.5. The number of carbonyl (C=O) groups excluding carboxylic acids is 1. The van der Waals surface area contributed by atoms with Crippen LogP contribution in [0, 0.1) is 5.92 Å². The first kappa shape index (κ1) is 16.4. The van der Waals surface area contributed by atoms with Gasteiger partial charge in [0.15, 0.2) is 0 Å². The van der Waals surface area contributed by atoms with Crippen molar-refractivity contribution in [2.75, 3.05) is 19.8 Å². The first-order valence-electron chi connectivity index (χ1n) is 6.44. The normalized spacial score (nSPS) is 14.7. The predicted molar refractivity (Wildman–Crippen MR) is 68.7 cm³/mol. The average Bonchev–Trinajstić information content (AvgIpc) is 2.23. The van der Waals surface area contributed by atoms with Gasteiger partial charge >= 0.3 is 5.97 Å². The van der Waals surface area contributed by atoms with Crippen molar-refractivity contribution < 1.29 is 14.3 Å². The van der Waals surface area contributed by atoms with E-state index in [1.807, 2.05) is 0 Å². The zero-order valence-corrected chi connectivity index (χ0v) is 11.6. The maximum atomic E-state index is 11.5. The molecule has 0 spiro atoms. The maximum absolute atomic E-state index is 11.5. The molecule has 0 aromatic rings. The number of esters is 1. The summed E-state index contributed by atoms with van der Waals surface area (Å²) in [6.45, 7) is 9.62. The third-order valence-electron chi connectivity index (χ3n) is 2.57. The van der Waals surface area contributed by atoms with Crippen LogP contribution in [0.1, 0.15) is 47.0 Å². The van der Waals surface area contributed by atoms with Crippen LogP contribution in [0.3, 0.4) is 0 Å². The molecule has 0 aromatic carbocycles. The fraction of sp³-hybridized carbons (Fsp3) is 0.923. The minimum Gasteiger partial charge on any atom is -0.465 e. The van der Waals surface area contributed by atoms with Gasteiger partial charge < -0.3 is 15.2 Å². The minimum atomic E-state index is -0.891. The Morgan fingerprint density at radius 1 is 1.35 bits per heavy atom. The number of ether oxygens (including phenoxy) is 2. The van der Waals surface area contributed by atoms with Crippen LogP contribution in [0.4, 0.5) is 0 Å². The first-order chi connectivity index (χ1) is 7.90. The van der Waals surface area contributed by atoms with E-state index in [-0.39, 0.29) is 5.97 Å². The van der Waals surface area contributed by atoms with Crippen LogP contribution in [0.15, 0.2) is 0 Å². The molecule has 1 atom stereocenters. The number of rotatable bonds is 9. The van der Waals surface area contributed by atoms with E-state index < -0.39 is 5.54 Å². The maximum Gasteiger partial charge on any atom is 0.325 e. The molecule has 0 aliphatic rings. The molecule has 1 unspecified atom stereocenters. The van der Waals surface area contributed by atoms with Gasteiger partial charge in [0.2, 0.25) is 0 Å². The Kier molecular flexibility index (Phi) is 8.17. The van der Waals surface area contributed by atoms with E-state index in [4.69, 9.17) is 15.2 Å². The van der Waals surface area contributed by atoms with Crippen LogP contribution >= 0.6 is 0 Å². The molecular weight excluding hydrogens is 218 g/mol. The number of hydrogen-bond donors (Lipinski definition) is 1. The lowest BCUT2D eigenvalue weighted by atomic mass is 9.98. The molecule has 0 aromatic heterocycles. The van der Waals surface area contributed by atoms with E-state index in [0.29, 0.717) is 25.6 Å². The summed E-state index contributed by atoms with van der Waals surface area (Å²) < 4.78 is 10.4. The number of nitrogens with two attached hydrogens (primary N) is 1. The molecule has 0 radical (unpaired) electrons. The highest BCUT2D eigenvalue weighted by atomic mass is 16.5. The highest BCUT2D eigenvalue weighted by Gasteiger charge is 2.29. The van der Waals surface area contributed by atoms with E-state index >= 15 is 0 Å². The van der Waals surface area contributed by atoms with Crippen LogP contribution in [0.2, 0.25) is 0 Å². The second-order valence-corrected chi connectivity index (χ2v) is 5.04. The quantitative estimate of drug-likeness (QED) is 0.499.